The number of carbonyl (C=O) groups is 2. The van der Waals surface area contributed by atoms with Crippen LogP contribution in [-0.2, 0) is 10.2 Å². The molecule has 1 aromatic heterocycles. The molecule has 0 atom stereocenters. The van der Waals surface area contributed by atoms with E-state index in [0.29, 0.717) is 39.3 Å². The maximum absolute atomic E-state index is 13.2. The Labute approximate surface area is 227 Å². The Bertz CT molecular complexity index is 1340. The van der Waals surface area contributed by atoms with Crippen molar-refractivity contribution in [2.45, 2.75) is 40.0 Å². The fourth-order valence-corrected chi connectivity index (χ4v) is 3.83. The van der Waals surface area contributed by atoms with E-state index in [2.05, 4.69) is 10.6 Å². The first-order valence-electron chi connectivity index (χ1n) is 11.8. The van der Waals surface area contributed by atoms with Crippen LogP contribution in [0.3, 0.4) is 0 Å². The number of nitriles is 1. The van der Waals surface area contributed by atoms with E-state index in [9.17, 15) is 9.59 Å². The summed E-state index contributed by atoms with van der Waals surface area (Å²) in [7, 11) is 0. The molecule has 0 spiro atoms. The van der Waals surface area contributed by atoms with Crippen molar-refractivity contribution >= 4 is 46.6 Å². The first-order chi connectivity index (χ1) is 17.4. The number of benzene rings is 2. The summed E-state index contributed by atoms with van der Waals surface area (Å²) in [4.78, 5) is 27.6. The number of hydrogen-bond acceptors (Lipinski definition) is 4. The standard InChI is InChI=1S/C27H30Cl2N6O2/c1-17(2)15-34(26(37)31-19-8-6-7-18(11-19)14-30)16-25(36)32-24-13-23(27(3,4)5)33-35(24)20-9-10-21(28)22(29)12-20/h6-13,17H,15-16H2,1-5H3,(H,31,37)(H,32,36). The molecule has 0 saturated carbocycles. The number of nitrogens with zero attached hydrogens (tertiary/aromatic N) is 4. The van der Waals surface area contributed by atoms with Gasteiger partial charge in [-0.15, -0.1) is 0 Å². The van der Waals surface area contributed by atoms with Gasteiger partial charge in [0.25, 0.3) is 0 Å². The monoisotopic (exact) mass is 540 g/mol. The Morgan fingerprint density at radius 3 is 2.43 bits per heavy atom. The summed E-state index contributed by atoms with van der Waals surface area (Å²) >= 11 is 12.3. The van der Waals surface area contributed by atoms with E-state index in [1.807, 2.05) is 40.7 Å². The van der Waals surface area contributed by atoms with E-state index in [4.69, 9.17) is 33.6 Å². The molecule has 194 valence electrons. The van der Waals surface area contributed by atoms with E-state index in [1.54, 1.807) is 53.2 Å². The third kappa shape index (κ3) is 7.48. The van der Waals surface area contributed by atoms with E-state index < -0.39 is 6.03 Å². The van der Waals surface area contributed by atoms with Gasteiger partial charge in [-0.1, -0.05) is 63.9 Å². The van der Waals surface area contributed by atoms with Gasteiger partial charge in [0.1, 0.15) is 12.4 Å². The molecular weight excluding hydrogens is 511 g/mol. The molecule has 1 heterocycles. The second-order valence-corrected chi connectivity index (χ2v) is 10.9. The molecule has 10 heteroatoms. The number of carbonyl (C=O) groups excluding carboxylic acids is 2. The van der Waals surface area contributed by atoms with Gasteiger partial charge < -0.3 is 15.5 Å². The Hall–Kier alpha value is -3.54. The number of urea groups is 1. The van der Waals surface area contributed by atoms with Gasteiger partial charge in [0, 0.05) is 23.7 Å². The first-order valence-corrected chi connectivity index (χ1v) is 12.5. The zero-order valence-electron chi connectivity index (χ0n) is 21.5. The Morgan fingerprint density at radius 2 is 1.81 bits per heavy atom. The maximum atomic E-state index is 13.2. The number of nitrogens with one attached hydrogen (secondary N) is 2. The number of halogens is 2. The lowest BCUT2D eigenvalue weighted by Crippen LogP contribution is -2.42. The Balaban J connectivity index is 1.84. The minimum atomic E-state index is -0.438. The molecular formula is C27H30Cl2N6O2. The van der Waals surface area contributed by atoms with Crippen molar-refractivity contribution in [1.29, 1.82) is 5.26 Å². The number of amides is 3. The zero-order valence-corrected chi connectivity index (χ0v) is 23.0. The number of rotatable bonds is 7. The van der Waals surface area contributed by atoms with E-state index in [0.717, 1.165) is 5.69 Å². The van der Waals surface area contributed by atoms with Crippen LogP contribution in [0.15, 0.2) is 48.5 Å². The highest BCUT2D eigenvalue weighted by molar-refractivity contribution is 6.42. The smallest absolute Gasteiger partial charge is 0.315 e. The van der Waals surface area contributed by atoms with Gasteiger partial charge in [0.05, 0.1) is 33.1 Å². The summed E-state index contributed by atoms with van der Waals surface area (Å²) in [6.07, 6.45) is 0. The Morgan fingerprint density at radius 1 is 1.08 bits per heavy atom. The van der Waals surface area contributed by atoms with Crippen LogP contribution in [0.2, 0.25) is 10.0 Å². The predicted molar refractivity (Wildman–Crippen MR) is 148 cm³/mol. The van der Waals surface area contributed by atoms with Gasteiger partial charge in [-0.05, 0) is 42.3 Å². The second-order valence-electron chi connectivity index (χ2n) is 10.1. The van der Waals surface area contributed by atoms with Crippen LogP contribution in [0.1, 0.15) is 45.9 Å². The van der Waals surface area contributed by atoms with E-state index in [-0.39, 0.29) is 23.8 Å². The summed E-state index contributed by atoms with van der Waals surface area (Å²) in [6, 6.07) is 15.1. The van der Waals surface area contributed by atoms with Crippen molar-refractivity contribution in [2.24, 2.45) is 5.92 Å². The molecule has 3 rings (SSSR count). The SMILES string of the molecule is CC(C)CN(CC(=O)Nc1cc(C(C)(C)C)nn1-c1ccc(Cl)c(Cl)c1)C(=O)Nc1cccc(C#N)c1. The lowest BCUT2D eigenvalue weighted by Gasteiger charge is -2.24. The molecule has 0 aliphatic carbocycles. The van der Waals surface area contributed by atoms with Gasteiger partial charge in [0.2, 0.25) is 5.91 Å². The third-order valence-corrected chi connectivity index (χ3v) is 6.08. The molecule has 3 amide bonds. The van der Waals surface area contributed by atoms with Crippen LogP contribution in [0.5, 0.6) is 0 Å². The van der Waals surface area contributed by atoms with Gasteiger partial charge in [-0.2, -0.15) is 10.4 Å². The second kappa shape index (κ2) is 11.7. The number of anilines is 2. The van der Waals surface area contributed by atoms with Crippen molar-refractivity contribution in [3.63, 3.8) is 0 Å². The van der Waals surface area contributed by atoms with Crippen molar-refractivity contribution < 1.29 is 9.59 Å². The summed E-state index contributed by atoms with van der Waals surface area (Å²) in [5, 5.41) is 20.3. The van der Waals surface area contributed by atoms with Crippen LogP contribution in [-0.4, -0.2) is 39.7 Å². The molecule has 3 aromatic rings. The molecule has 0 unspecified atom stereocenters. The normalized spacial score (nSPS) is 11.2. The van der Waals surface area contributed by atoms with Gasteiger partial charge in [0.15, 0.2) is 0 Å². The largest absolute Gasteiger partial charge is 0.322 e. The summed E-state index contributed by atoms with van der Waals surface area (Å²) < 4.78 is 1.60. The van der Waals surface area contributed by atoms with E-state index >= 15 is 0 Å². The van der Waals surface area contributed by atoms with Crippen LogP contribution in [0, 0.1) is 17.2 Å². The van der Waals surface area contributed by atoms with Crippen LogP contribution >= 0.6 is 23.2 Å². The van der Waals surface area contributed by atoms with Gasteiger partial charge >= 0.3 is 6.03 Å². The quantitative estimate of drug-likeness (QED) is 0.358. The predicted octanol–water partition coefficient (Wildman–Crippen LogP) is 6.48. The summed E-state index contributed by atoms with van der Waals surface area (Å²) in [6.45, 7) is 10.2. The fourth-order valence-electron chi connectivity index (χ4n) is 3.54. The molecule has 0 radical (unpaired) electrons. The molecule has 0 saturated heterocycles. The molecule has 0 aliphatic rings. The van der Waals surface area contributed by atoms with E-state index in [1.165, 1.54) is 4.90 Å². The lowest BCUT2D eigenvalue weighted by atomic mass is 9.92. The highest BCUT2D eigenvalue weighted by atomic mass is 35.5. The maximum Gasteiger partial charge on any atom is 0.322 e. The first kappa shape index (κ1) is 28.0. The van der Waals surface area contributed by atoms with Crippen molar-refractivity contribution in [2.75, 3.05) is 23.7 Å². The lowest BCUT2D eigenvalue weighted by molar-refractivity contribution is -0.116. The van der Waals surface area contributed by atoms with Gasteiger partial charge in [-0.25, -0.2) is 9.48 Å². The topological polar surface area (TPSA) is 103 Å². The minimum absolute atomic E-state index is 0.123. The van der Waals surface area contributed by atoms with Crippen molar-refractivity contribution in [3.05, 3.63) is 69.8 Å². The summed E-state index contributed by atoms with van der Waals surface area (Å²) in [5.74, 6) is 0.182. The molecule has 37 heavy (non-hydrogen) atoms. The molecule has 8 nitrogen and oxygen atoms in total. The molecule has 0 fully saturated rings. The minimum Gasteiger partial charge on any atom is -0.315 e. The Kier molecular flexibility index (Phi) is 8.85. The number of aromatic nitrogens is 2. The number of hydrogen-bond donors (Lipinski definition) is 2. The van der Waals surface area contributed by atoms with Crippen molar-refractivity contribution in [3.8, 4) is 11.8 Å². The fraction of sp³-hybridized carbons (Fsp3) is 0.333. The van der Waals surface area contributed by atoms with Crippen LogP contribution in [0.4, 0.5) is 16.3 Å². The molecule has 2 N–H and O–H groups in total. The van der Waals surface area contributed by atoms with Crippen molar-refractivity contribution in [1.82, 2.24) is 14.7 Å². The summed E-state index contributed by atoms with van der Waals surface area (Å²) in [5.41, 5.74) is 2.03. The average molecular weight is 541 g/mol. The molecule has 0 aliphatic heterocycles. The van der Waals surface area contributed by atoms with Crippen LogP contribution in [0.25, 0.3) is 5.69 Å². The highest BCUT2D eigenvalue weighted by Gasteiger charge is 2.24. The third-order valence-electron chi connectivity index (χ3n) is 5.34. The van der Waals surface area contributed by atoms with Crippen LogP contribution < -0.4 is 10.6 Å². The molecule has 0 bridgehead atoms. The zero-order chi connectivity index (χ0) is 27.3. The highest BCUT2D eigenvalue weighted by Crippen LogP contribution is 2.29. The van der Waals surface area contributed by atoms with Gasteiger partial charge in [-0.3, -0.25) is 4.79 Å². The average Bonchev–Trinajstić information content (AvgIpc) is 3.24. The molecule has 2 aromatic carbocycles.